The van der Waals surface area contributed by atoms with Gasteiger partial charge in [0.05, 0.1) is 28.8 Å². The van der Waals surface area contributed by atoms with Gasteiger partial charge in [0.2, 0.25) is 0 Å². The highest BCUT2D eigenvalue weighted by atomic mass is 35.5. The van der Waals surface area contributed by atoms with Crippen LogP contribution in [0.5, 0.6) is 0 Å². The minimum absolute atomic E-state index is 0.532. The number of aromatic nitrogens is 4. The van der Waals surface area contributed by atoms with Crippen LogP contribution in [0.15, 0.2) is 65.6 Å². The van der Waals surface area contributed by atoms with E-state index < -0.39 is 0 Å². The van der Waals surface area contributed by atoms with Gasteiger partial charge in [0.1, 0.15) is 10.8 Å². The fraction of sp³-hybridized carbons (Fsp3) is 0.360. The number of piperidine rings is 1. The third-order valence-electron chi connectivity index (χ3n) is 6.73. The van der Waals surface area contributed by atoms with E-state index in [4.69, 9.17) is 16.6 Å². The lowest BCUT2D eigenvalue weighted by Crippen LogP contribution is -2.39. The number of hydrogen-bond acceptors (Lipinski definition) is 7. The van der Waals surface area contributed by atoms with Gasteiger partial charge in [-0.05, 0) is 49.3 Å². The first kappa shape index (κ1) is 22.2. The van der Waals surface area contributed by atoms with Gasteiger partial charge in [0.25, 0.3) is 0 Å². The molecule has 5 rings (SSSR count). The standard InChI is InChI=1S/C25H27ClN6S/c1-18(24-27-12-5-13-28-24)31-19-6-4-7-20(23(19)26)33-22-17-29-21(16-30-22)32-14-10-25(11-15-32)8-2-3-9-25/h4-7,12-13,16-17,31H,1-3,8-11,14-15H2. The molecule has 2 fully saturated rings. The van der Waals surface area contributed by atoms with Gasteiger partial charge >= 0.3 is 0 Å². The lowest BCUT2D eigenvalue weighted by atomic mass is 9.77. The van der Waals surface area contributed by atoms with E-state index >= 15 is 0 Å². The number of anilines is 2. The Labute approximate surface area is 203 Å². The van der Waals surface area contributed by atoms with Gasteiger partial charge in [-0.25, -0.2) is 19.9 Å². The fourth-order valence-corrected chi connectivity index (χ4v) is 5.90. The Morgan fingerprint density at radius 1 is 0.970 bits per heavy atom. The van der Waals surface area contributed by atoms with Crippen molar-refractivity contribution < 1.29 is 0 Å². The first-order chi connectivity index (χ1) is 16.1. The van der Waals surface area contributed by atoms with Crippen molar-refractivity contribution in [1.82, 2.24) is 19.9 Å². The van der Waals surface area contributed by atoms with Crippen LogP contribution < -0.4 is 10.2 Å². The Hall–Kier alpha value is -2.64. The number of benzene rings is 1. The third kappa shape index (κ3) is 4.99. The van der Waals surface area contributed by atoms with E-state index in [1.54, 1.807) is 18.5 Å². The third-order valence-corrected chi connectivity index (χ3v) is 8.23. The summed E-state index contributed by atoms with van der Waals surface area (Å²) in [7, 11) is 0. The average Bonchev–Trinajstić information content (AvgIpc) is 3.31. The van der Waals surface area contributed by atoms with Gasteiger partial charge in [-0.1, -0.05) is 48.8 Å². The maximum Gasteiger partial charge on any atom is 0.175 e. The van der Waals surface area contributed by atoms with Crippen molar-refractivity contribution in [3.05, 3.63) is 66.5 Å². The molecule has 1 spiro atoms. The van der Waals surface area contributed by atoms with Gasteiger partial charge in [0.15, 0.2) is 5.82 Å². The SMILES string of the molecule is C=C(Nc1cccc(Sc2cnc(N3CCC4(CCCC4)CC3)cn2)c1Cl)c1ncccn1. The lowest BCUT2D eigenvalue weighted by Gasteiger charge is -2.39. The molecule has 8 heteroatoms. The van der Waals surface area contributed by atoms with Crippen LogP contribution in [0.2, 0.25) is 5.02 Å². The van der Waals surface area contributed by atoms with E-state index in [9.17, 15) is 0 Å². The Morgan fingerprint density at radius 2 is 1.73 bits per heavy atom. The molecule has 3 aromatic rings. The Balaban J connectivity index is 1.23. The predicted octanol–water partition coefficient (Wildman–Crippen LogP) is 6.31. The maximum atomic E-state index is 6.68. The Morgan fingerprint density at radius 3 is 2.42 bits per heavy atom. The van der Waals surface area contributed by atoms with Gasteiger partial charge in [0, 0.05) is 30.4 Å². The summed E-state index contributed by atoms with van der Waals surface area (Å²) in [6, 6.07) is 7.60. The monoisotopic (exact) mass is 478 g/mol. The first-order valence-corrected chi connectivity index (χ1v) is 12.6. The van der Waals surface area contributed by atoms with Crippen LogP contribution >= 0.6 is 23.4 Å². The molecule has 0 atom stereocenters. The molecule has 170 valence electrons. The van der Waals surface area contributed by atoms with Crippen LogP contribution in [0.4, 0.5) is 11.5 Å². The lowest BCUT2D eigenvalue weighted by molar-refractivity contribution is 0.226. The van der Waals surface area contributed by atoms with Gasteiger partial charge in [-0.2, -0.15) is 0 Å². The molecule has 1 aliphatic heterocycles. The number of halogens is 1. The highest BCUT2D eigenvalue weighted by molar-refractivity contribution is 7.99. The second-order valence-corrected chi connectivity index (χ2v) is 10.2. The van der Waals surface area contributed by atoms with Crippen molar-refractivity contribution in [3.63, 3.8) is 0 Å². The smallest absolute Gasteiger partial charge is 0.175 e. The highest BCUT2D eigenvalue weighted by Crippen LogP contribution is 2.46. The van der Waals surface area contributed by atoms with Crippen LogP contribution in [-0.2, 0) is 0 Å². The minimum Gasteiger partial charge on any atom is -0.355 e. The van der Waals surface area contributed by atoms with Crippen LogP contribution in [-0.4, -0.2) is 33.0 Å². The Kier molecular flexibility index (Phi) is 6.51. The summed E-state index contributed by atoms with van der Waals surface area (Å²) >= 11 is 8.18. The number of nitrogens with one attached hydrogen (secondary N) is 1. The molecule has 6 nitrogen and oxygen atoms in total. The molecule has 1 aromatic carbocycles. The number of rotatable bonds is 6. The van der Waals surface area contributed by atoms with Crippen molar-refractivity contribution >= 4 is 40.6 Å². The molecule has 2 aromatic heterocycles. The molecule has 3 heterocycles. The molecule has 0 unspecified atom stereocenters. The minimum atomic E-state index is 0.532. The quantitative estimate of drug-likeness (QED) is 0.445. The molecule has 0 amide bonds. The summed E-state index contributed by atoms with van der Waals surface area (Å²) in [5, 5.41) is 4.63. The van der Waals surface area contributed by atoms with Crippen LogP contribution in [0, 0.1) is 5.41 Å². The summed E-state index contributed by atoms with van der Waals surface area (Å²) < 4.78 is 0. The summed E-state index contributed by atoms with van der Waals surface area (Å²) in [6.45, 7) is 6.18. The summed E-state index contributed by atoms with van der Waals surface area (Å²) in [5.41, 5.74) is 1.94. The molecule has 33 heavy (non-hydrogen) atoms. The number of hydrogen-bond donors (Lipinski definition) is 1. The van der Waals surface area contributed by atoms with E-state index in [-0.39, 0.29) is 0 Å². The normalized spacial score (nSPS) is 17.3. The van der Waals surface area contributed by atoms with Crippen molar-refractivity contribution in [2.24, 2.45) is 5.41 Å². The molecule has 0 radical (unpaired) electrons. The number of nitrogens with zero attached hydrogens (tertiary/aromatic N) is 5. The van der Waals surface area contributed by atoms with E-state index in [0.717, 1.165) is 34.5 Å². The van der Waals surface area contributed by atoms with Crippen molar-refractivity contribution in [3.8, 4) is 0 Å². The highest BCUT2D eigenvalue weighted by Gasteiger charge is 2.37. The molecule has 2 aliphatic rings. The van der Waals surface area contributed by atoms with Gasteiger partial charge < -0.3 is 10.2 Å². The van der Waals surface area contributed by atoms with Gasteiger partial charge in [-0.15, -0.1) is 0 Å². The maximum absolute atomic E-state index is 6.68. The summed E-state index contributed by atoms with van der Waals surface area (Å²) in [4.78, 5) is 21.1. The topological polar surface area (TPSA) is 66.8 Å². The zero-order valence-electron chi connectivity index (χ0n) is 18.5. The van der Waals surface area contributed by atoms with E-state index in [2.05, 4.69) is 31.7 Å². The summed E-state index contributed by atoms with van der Waals surface area (Å²) in [5.74, 6) is 1.50. The second kappa shape index (κ2) is 9.69. The fourth-order valence-electron chi connectivity index (χ4n) is 4.83. The first-order valence-electron chi connectivity index (χ1n) is 11.4. The van der Waals surface area contributed by atoms with Gasteiger partial charge in [-0.3, -0.25) is 0 Å². The van der Waals surface area contributed by atoms with E-state index in [1.807, 2.05) is 30.6 Å². The molecule has 1 aliphatic carbocycles. The molecule has 1 saturated carbocycles. The molecule has 0 bridgehead atoms. The van der Waals surface area contributed by atoms with Crippen molar-refractivity contribution in [1.29, 1.82) is 0 Å². The second-order valence-electron chi connectivity index (χ2n) is 8.80. The van der Waals surface area contributed by atoms with Crippen LogP contribution in [0.25, 0.3) is 5.70 Å². The Bertz CT molecular complexity index is 1110. The van der Waals surface area contributed by atoms with E-state index in [0.29, 0.717) is 22.0 Å². The van der Waals surface area contributed by atoms with E-state index in [1.165, 1.54) is 50.3 Å². The average molecular weight is 479 g/mol. The van der Waals surface area contributed by atoms with Crippen molar-refractivity contribution in [2.75, 3.05) is 23.3 Å². The largest absolute Gasteiger partial charge is 0.355 e. The molecular formula is C25H27ClN6S. The summed E-state index contributed by atoms with van der Waals surface area (Å²) in [6.07, 6.45) is 15.3. The predicted molar refractivity (Wildman–Crippen MR) is 135 cm³/mol. The zero-order chi connectivity index (χ0) is 22.7. The molecule has 1 saturated heterocycles. The van der Waals surface area contributed by atoms with Crippen LogP contribution in [0.3, 0.4) is 0 Å². The van der Waals surface area contributed by atoms with Crippen LogP contribution in [0.1, 0.15) is 44.3 Å². The molecule has 1 N–H and O–H groups in total. The molecular weight excluding hydrogens is 452 g/mol. The zero-order valence-corrected chi connectivity index (χ0v) is 20.1. The van der Waals surface area contributed by atoms with Crippen molar-refractivity contribution in [2.45, 2.75) is 48.4 Å².